The van der Waals surface area contributed by atoms with E-state index in [0.717, 1.165) is 17.4 Å². The number of carbonyl (C=O) groups excluding carboxylic acids is 1. The summed E-state index contributed by atoms with van der Waals surface area (Å²) in [6, 6.07) is 12.1. The van der Waals surface area contributed by atoms with Gasteiger partial charge in [-0.05, 0) is 58.9 Å². The molecule has 2 heterocycles. The average molecular weight is 550 g/mol. The third-order valence-corrected chi connectivity index (χ3v) is 6.39. The summed E-state index contributed by atoms with van der Waals surface area (Å²) in [4.78, 5) is 16.7. The van der Waals surface area contributed by atoms with Crippen LogP contribution in [0.25, 0.3) is 10.9 Å². The molecule has 1 aromatic heterocycles. The summed E-state index contributed by atoms with van der Waals surface area (Å²) in [7, 11) is 0. The summed E-state index contributed by atoms with van der Waals surface area (Å²) in [5.41, 5.74) is -0.418. The molecule has 0 spiro atoms. The molecule has 0 fully saturated rings. The van der Waals surface area contributed by atoms with Crippen molar-refractivity contribution in [2.75, 3.05) is 5.32 Å². The van der Waals surface area contributed by atoms with Crippen LogP contribution in [0, 0.1) is 17.1 Å². The number of hydrogen-bond donors (Lipinski definition) is 3. The third-order valence-electron chi connectivity index (χ3n) is 6.39. The van der Waals surface area contributed by atoms with Crippen LogP contribution >= 0.6 is 0 Å². The van der Waals surface area contributed by atoms with E-state index in [-0.39, 0.29) is 17.8 Å². The minimum atomic E-state index is -1.45. The Morgan fingerprint density at radius 1 is 1.25 bits per heavy atom. The molecule has 9 nitrogen and oxygen atoms in total. The van der Waals surface area contributed by atoms with Gasteiger partial charge in [-0.15, -0.1) is 0 Å². The van der Waals surface area contributed by atoms with Crippen molar-refractivity contribution in [3.8, 4) is 6.07 Å². The Balaban J connectivity index is 1.56. The van der Waals surface area contributed by atoms with Crippen molar-refractivity contribution in [2.45, 2.75) is 70.8 Å². The SMILES string of the molecule is CCn1ncc2cc(NC3(C#N)C=NC(N[C@H](c4ccccc4F)[C@H](C)NC(=O)OC(C)(C)C)=C(F)C3)ccc21. The van der Waals surface area contributed by atoms with Crippen LogP contribution < -0.4 is 16.0 Å². The van der Waals surface area contributed by atoms with Crippen LogP contribution in [-0.4, -0.2) is 39.3 Å². The maximum atomic E-state index is 15.6. The van der Waals surface area contributed by atoms with Gasteiger partial charge in [-0.25, -0.2) is 18.6 Å². The van der Waals surface area contributed by atoms with E-state index in [0.29, 0.717) is 5.69 Å². The van der Waals surface area contributed by atoms with Gasteiger partial charge in [-0.3, -0.25) is 4.68 Å². The molecular weight excluding hydrogens is 516 g/mol. The zero-order chi connectivity index (χ0) is 29.1. The fourth-order valence-corrected chi connectivity index (χ4v) is 4.51. The van der Waals surface area contributed by atoms with Crippen molar-refractivity contribution < 1.29 is 18.3 Å². The molecule has 0 saturated carbocycles. The zero-order valence-corrected chi connectivity index (χ0v) is 23.1. The smallest absolute Gasteiger partial charge is 0.407 e. The molecule has 1 amide bonds. The van der Waals surface area contributed by atoms with Gasteiger partial charge in [0.05, 0.1) is 29.9 Å². The molecule has 4 rings (SSSR count). The second kappa shape index (κ2) is 11.3. The molecular formula is C29H33F2N7O2. The van der Waals surface area contributed by atoms with Crippen LogP contribution in [0.5, 0.6) is 0 Å². The lowest BCUT2D eigenvalue weighted by molar-refractivity contribution is 0.0498. The molecule has 0 aliphatic carbocycles. The largest absolute Gasteiger partial charge is 0.444 e. The van der Waals surface area contributed by atoms with E-state index < -0.39 is 41.0 Å². The number of aromatic nitrogens is 2. The Kier molecular flexibility index (Phi) is 8.09. The van der Waals surface area contributed by atoms with Crippen LogP contribution in [-0.2, 0) is 11.3 Å². The molecule has 1 unspecified atom stereocenters. The van der Waals surface area contributed by atoms with E-state index in [4.69, 9.17) is 4.74 Å². The minimum Gasteiger partial charge on any atom is -0.444 e. The number of ether oxygens (including phenoxy) is 1. The maximum Gasteiger partial charge on any atom is 0.407 e. The highest BCUT2D eigenvalue weighted by atomic mass is 19.1. The lowest BCUT2D eigenvalue weighted by Gasteiger charge is -2.32. The number of nitrogens with one attached hydrogen (secondary N) is 3. The lowest BCUT2D eigenvalue weighted by atomic mass is 9.94. The number of benzene rings is 2. The molecule has 0 saturated heterocycles. The molecule has 2 aromatic carbocycles. The summed E-state index contributed by atoms with van der Waals surface area (Å²) in [6.07, 6.45) is 2.05. The second-order valence-electron chi connectivity index (χ2n) is 10.7. The van der Waals surface area contributed by atoms with Crippen molar-refractivity contribution in [2.24, 2.45) is 4.99 Å². The number of rotatable bonds is 8. The Labute approximate surface area is 231 Å². The molecule has 0 bridgehead atoms. The molecule has 1 aliphatic heterocycles. The highest BCUT2D eigenvalue weighted by Gasteiger charge is 2.36. The van der Waals surface area contributed by atoms with Crippen LogP contribution in [0.1, 0.15) is 52.6 Å². The van der Waals surface area contributed by atoms with Crippen molar-refractivity contribution in [1.82, 2.24) is 20.4 Å². The monoisotopic (exact) mass is 549 g/mol. The van der Waals surface area contributed by atoms with Gasteiger partial charge in [0.15, 0.2) is 11.4 Å². The van der Waals surface area contributed by atoms with Gasteiger partial charge in [-0.2, -0.15) is 10.4 Å². The van der Waals surface area contributed by atoms with E-state index in [9.17, 15) is 14.4 Å². The maximum absolute atomic E-state index is 15.6. The van der Waals surface area contributed by atoms with Crippen molar-refractivity contribution in [1.29, 1.82) is 5.26 Å². The van der Waals surface area contributed by atoms with Crippen LogP contribution in [0.2, 0.25) is 0 Å². The van der Waals surface area contributed by atoms with Crippen LogP contribution in [0.4, 0.5) is 19.3 Å². The summed E-state index contributed by atoms with van der Waals surface area (Å²) < 4.78 is 37.6. The Bertz CT molecular complexity index is 1500. The molecule has 1 aliphatic rings. The van der Waals surface area contributed by atoms with Gasteiger partial charge in [0.1, 0.15) is 17.2 Å². The Morgan fingerprint density at radius 3 is 2.65 bits per heavy atom. The average Bonchev–Trinajstić information content (AvgIpc) is 3.30. The normalized spacial score (nSPS) is 18.6. The number of alkyl carbamates (subject to hydrolysis) is 1. The summed E-state index contributed by atoms with van der Waals surface area (Å²) in [6.45, 7) is 9.55. The van der Waals surface area contributed by atoms with Gasteiger partial charge < -0.3 is 20.7 Å². The standard InChI is InChI=1S/C29H33F2N7O2/c1-6-38-24-12-11-20(13-19(24)15-34-38)37-29(16-32)14-23(31)26(33-17-29)36-25(21-9-7-8-10-22(21)30)18(2)35-27(39)40-28(3,4)5/h7-13,15,17-18,25,36-37H,6,14H2,1-5H3,(H,35,39)/t18-,25-,29?/m0/s1. The molecule has 11 heteroatoms. The Hall–Kier alpha value is -4.46. The number of carbonyl (C=O) groups is 1. The van der Waals surface area contributed by atoms with Crippen LogP contribution in [0.15, 0.2) is 65.3 Å². The highest BCUT2D eigenvalue weighted by molar-refractivity contribution is 5.86. The zero-order valence-electron chi connectivity index (χ0n) is 23.1. The number of aliphatic imine (C=N–C) groups is 1. The number of amides is 1. The predicted molar refractivity (Wildman–Crippen MR) is 150 cm³/mol. The van der Waals surface area contributed by atoms with E-state index in [1.807, 2.05) is 23.7 Å². The van der Waals surface area contributed by atoms with Crippen molar-refractivity contribution in [3.05, 3.63) is 71.7 Å². The summed E-state index contributed by atoms with van der Waals surface area (Å²) >= 11 is 0. The summed E-state index contributed by atoms with van der Waals surface area (Å²) in [5, 5.41) is 23.9. The van der Waals surface area contributed by atoms with E-state index >= 15 is 4.39 Å². The highest BCUT2D eigenvalue weighted by Crippen LogP contribution is 2.31. The fourth-order valence-electron chi connectivity index (χ4n) is 4.51. The number of halogens is 2. The second-order valence-corrected chi connectivity index (χ2v) is 10.7. The van der Waals surface area contributed by atoms with Gasteiger partial charge in [0, 0.05) is 35.8 Å². The van der Waals surface area contributed by atoms with Gasteiger partial charge in [-0.1, -0.05) is 18.2 Å². The molecule has 3 N–H and O–H groups in total. The molecule has 0 radical (unpaired) electrons. The topological polar surface area (TPSA) is 116 Å². The number of nitriles is 1. The van der Waals surface area contributed by atoms with E-state index in [1.165, 1.54) is 18.3 Å². The van der Waals surface area contributed by atoms with Crippen molar-refractivity contribution in [3.63, 3.8) is 0 Å². The number of anilines is 1. The molecule has 40 heavy (non-hydrogen) atoms. The number of aryl methyl sites for hydroxylation is 1. The number of hydrogen-bond acceptors (Lipinski definition) is 7. The lowest BCUT2D eigenvalue weighted by Crippen LogP contribution is -2.46. The molecule has 210 valence electrons. The number of nitrogens with zero attached hydrogens (tertiary/aromatic N) is 4. The van der Waals surface area contributed by atoms with Gasteiger partial charge in [0.2, 0.25) is 0 Å². The Morgan fingerprint density at radius 2 is 2.00 bits per heavy atom. The molecule has 3 atom stereocenters. The van der Waals surface area contributed by atoms with Gasteiger partial charge in [0.25, 0.3) is 0 Å². The molecule has 3 aromatic rings. The first kappa shape index (κ1) is 28.5. The van der Waals surface area contributed by atoms with E-state index in [2.05, 4.69) is 32.1 Å². The third kappa shape index (κ3) is 6.39. The first-order chi connectivity index (χ1) is 18.9. The first-order valence-corrected chi connectivity index (χ1v) is 13.0. The number of fused-ring (bicyclic) bond motifs is 1. The first-order valence-electron chi connectivity index (χ1n) is 13.0. The predicted octanol–water partition coefficient (Wildman–Crippen LogP) is 5.73. The minimum absolute atomic E-state index is 0.154. The fraction of sp³-hybridized carbons (Fsp3) is 0.379. The van der Waals surface area contributed by atoms with Gasteiger partial charge >= 0.3 is 6.09 Å². The van der Waals surface area contributed by atoms with Crippen molar-refractivity contribution >= 4 is 28.9 Å². The quantitative estimate of drug-likeness (QED) is 0.331. The van der Waals surface area contributed by atoms with Crippen LogP contribution in [0.3, 0.4) is 0 Å². The van der Waals surface area contributed by atoms with E-state index in [1.54, 1.807) is 52.1 Å². The summed E-state index contributed by atoms with van der Waals surface area (Å²) in [5.74, 6) is -1.38.